The van der Waals surface area contributed by atoms with E-state index in [1.54, 1.807) is 12.0 Å². The summed E-state index contributed by atoms with van der Waals surface area (Å²) in [6.07, 6.45) is 1.15. The Kier molecular flexibility index (Phi) is 6.52. The number of nitrogens with zero attached hydrogens (tertiary/aromatic N) is 2. The highest BCUT2D eigenvalue weighted by Gasteiger charge is 2.24. The van der Waals surface area contributed by atoms with Crippen LogP contribution in [0.5, 0.6) is 11.5 Å². The quantitative estimate of drug-likeness (QED) is 0.707. The first-order chi connectivity index (χ1) is 13.7. The van der Waals surface area contributed by atoms with Crippen molar-refractivity contribution in [2.24, 2.45) is 0 Å². The molecule has 0 N–H and O–H groups in total. The van der Waals surface area contributed by atoms with Crippen molar-refractivity contribution in [3.8, 4) is 11.5 Å². The molecule has 6 heteroatoms. The summed E-state index contributed by atoms with van der Waals surface area (Å²) in [4.78, 5) is 6.47. The van der Waals surface area contributed by atoms with Crippen molar-refractivity contribution in [1.82, 2.24) is 9.80 Å². The van der Waals surface area contributed by atoms with Crippen LogP contribution in [0, 0.1) is 0 Å². The van der Waals surface area contributed by atoms with Gasteiger partial charge in [-0.2, -0.15) is 0 Å². The van der Waals surface area contributed by atoms with Crippen LogP contribution in [-0.4, -0.2) is 62.9 Å². The van der Waals surface area contributed by atoms with Gasteiger partial charge < -0.3 is 14.2 Å². The first kappa shape index (κ1) is 19.7. The predicted molar refractivity (Wildman–Crippen MR) is 113 cm³/mol. The first-order valence-electron chi connectivity index (χ1n) is 10.1. The van der Waals surface area contributed by atoms with Crippen LogP contribution in [-0.2, 0) is 17.7 Å². The average Bonchev–Trinajstić information content (AvgIpc) is 3.21. The first-order valence-corrected chi connectivity index (χ1v) is 11.0. The number of morpholine rings is 1. The highest BCUT2D eigenvalue weighted by Crippen LogP contribution is 2.35. The standard InChI is InChI=1S/C22H30N2O3S/c1-17-19-6-14-28-22(19)5-7-24(17)16-18-3-4-20(21(15-18)25-2)27-13-10-23-8-11-26-12-9-23/h3-4,6,14-15,17H,5,7-13,16H2,1-2H3. The number of hydrogen-bond acceptors (Lipinski definition) is 6. The zero-order valence-corrected chi connectivity index (χ0v) is 17.7. The van der Waals surface area contributed by atoms with Crippen LogP contribution in [0.2, 0.25) is 0 Å². The Morgan fingerprint density at radius 2 is 2.00 bits per heavy atom. The molecule has 4 rings (SSSR count). The summed E-state index contributed by atoms with van der Waals surface area (Å²) in [6, 6.07) is 9.09. The maximum atomic E-state index is 6.01. The number of fused-ring (bicyclic) bond motifs is 1. The molecule has 1 unspecified atom stereocenters. The molecule has 2 aliphatic heterocycles. The lowest BCUT2D eigenvalue weighted by atomic mass is 10.0. The van der Waals surface area contributed by atoms with Gasteiger partial charge in [-0.15, -0.1) is 11.3 Å². The molecule has 2 aromatic rings. The van der Waals surface area contributed by atoms with Crippen LogP contribution in [0.1, 0.15) is 29.0 Å². The summed E-state index contributed by atoms with van der Waals surface area (Å²) < 4.78 is 17.0. The third-order valence-electron chi connectivity index (χ3n) is 5.79. The van der Waals surface area contributed by atoms with Crippen molar-refractivity contribution in [3.05, 3.63) is 45.6 Å². The van der Waals surface area contributed by atoms with E-state index >= 15 is 0 Å². The van der Waals surface area contributed by atoms with E-state index in [-0.39, 0.29) is 0 Å². The minimum Gasteiger partial charge on any atom is -0.493 e. The molecule has 0 bridgehead atoms. The van der Waals surface area contributed by atoms with Crippen LogP contribution in [0.3, 0.4) is 0 Å². The minimum absolute atomic E-state index is 0.463. The molecule has 3 heterocycles. The minimum atomic E-state index is 0.463. The molecule has 1 saturated heterocycles. The summed E-state index contributed by atoms with van der Waals surface area (Å²) in [5.41, 5.74) is 2.76. The second kappa shape index (κ2) is 9.27. The highest BCUT2D eigenvalue weighted by atomic mass is 32.1. The topological polar surface area (TPSA) is 34.2 Å². The van der Waals surface area contributed by atoms with Gasteiger partial charge in [0.2, 0.25) is 0 Å². The summed E-state index contributed by atoms with van der Waals surface area (Å²) in [5.74, 6) is 1.65. The Balaban J connectivity index is 1.35. The molecule has 2 aliphatic rings. The zero-order valence-electron chi connectivity index (χ0n) is 16.9. The molecule has 0 saturated carbocycles. The van der Waals surface area contributed by atoms with Gasteiger partial charge in [0.1, 0.15) is 6.61 Å². The molecule has 0 aliphatic carbocycles. The number of hydrogen-bond donors (Lipinski definition) is 0. The molecule has 1 fully saturated rings. The van der Waals surface area contributed by atoms with Crippen LogP contribution < -0.4 is 9.47 Å². The maximum Gasteiger partial charge on any atom is 0.161 e. The second-order valence-electron chi connectivity index (χ2n) is 7.48. The van der Waals surface area contributed by atoms with E-state index in [4.69, 9.17) is 14.2 Å². The maximum absolute atomic E-state index is 6.01. The Labute approximate surface area is 171 Å². The molecule has 1 atom stereocenters. The molecule has 5 nitrogen and oxygen atoms in total. The Morgan fingerprint density at radius 3 is 2.82 bits per heavy atom. The van der Waals surface area contributed by atoms with Gasteiger partial charge in [0.15, 0.2) is 11.5 Å². The third kappa shape index (κ3) is 4.51. The number of thiophene rings is 1. The lowest BCUT2D eigenvalue weighted by molar-refractivity contribution is 0.0321. The van der Waals surface area contributed by atoms with Gasteiger partial charge in [0.25, 0.3) is 0 Å². The molecular formula is C22H30N2O3S. The van der Waals surface area contributed by atoms with Gasteiger partial charge in [0, 0.05) is 43.6 Å². The van der Waals surface area contributed by atoms with E-state index in [1.807, 2.05) is 11.3 Å². The summed E-state index contributed by atoms with van der Waals surface area (Å²) >= 11 is 1.89. The number of methoxy groups -OCH3 is 1. The van der Waals surface area contributed by atoms with E-state index < -0.39 is 0 Å². The van der Waals surface area contributed by atoms with Crippen LogP contribution in [0.25, 0.3) is 0 Å². The summed E-state index contributed by atoms with van der Waals surface area (Å²) in [5, 5.41) is 2.22. The molecule has 0 spiro atoms. The Bertz CT molecular complexity index is 773. The smallest absolute Gasteiger partial charge is 0.161 e. The van der Waals surface area contributed by atoms with Crippen molar-refractivity contribution in [2.45, 2.75) is 25.9 Å². The molecule has 152 valence electrons. The van der Waals surface area contributed by atoms with Crippen molar-refractivity contribution < 1.29 is 14.2 Å². The van der Waals surface area contributed by atoms with Crippen molar-refractivity contribution in [2.75, 3.05) is 53.1 Å². The molecule has 1 aromatic heterocycles. The van der Waals surface area contributed by atoms with E-state index in [2.05, 4.69) is 46.4 Å². The van der Waals surface area contributed by atoms with Crippen molar-refractivity contribution in [3.63, 3.8) is 0 Å². The lowest BCUT2D eigenvalue weighted by Gasteiger charge is -2.33. The molecular weight excluding hydrogens is 372 g/mol. The average molecular weight is 403 g/mol. The third-order valence-corrected chi connectivity index (χ3v) is 6.78. The fourth-order valence-electron chi connectivity index (χ4n) is 4.05. The van der Waals surface area contributed by atoms with Crippen LogP contribution in [0.15, 0.2) is 29.6 Å². The zero-order chi connectivity index (χ0) is 19.3. The largest absolute Gasteiger partial charge is 0.493 e. The summed E-state index contributed by atoms with van der Waals surface area (Å²) in [7, 11) is 1.72. The SMILES string of the molecule is COc1cc(CN2CCc3sccc3C2C)ccc1OCCN1CCOCC1. The molecule has 1 aromatic carbocycles. The second-order valence-corrected chi connectivity index (χ2v) is 8.48. The lowest BCUT2D eigenvalue weighted by Crippen LogP contribution is -2.38. The van der Waals surface area contributed by atoms with E-state index in [1.165, 1.54) is 11.1 Å². The van der Waals surface area contributed by atoms with E-state index in [0.29, 0.717) is 12.6 Å². The van der Waals surface area contributed by atoms with Crippen LogP contribution >= 0.6 is 11.3 Å². The van der Waals surface area contributed by atoms with Crippen molar-refractivity contribution >= 4 is 11.3 Å². The highest BCUT2D eigenvalue weighted by molar-refractivity contribution is 7.10. The van der Waals surface area contributed by atoms with E-state index in [9.17, 15) is 0 Å². The normalized spacial score (nSPS) is 20.7. The molecule has 0 radical (unpaired) electrons. The van der Waals surface area contributed by atoms with Gasteiger partial charge in [-0.25, -0.2) is 0 Å². The van der Waals surface area contributed by atoms with Gasteiger partial charge in [-0.1, -0.05) is 6.07 Å². The van der Waals surface area contributed by atoms with Gasteiger partial charge >= 0.3 is 0 Å². The van der Waals surface area contributed by atoms with Gasteiger partial charge in [-0.05, 0) is 48.1 Å². The molecule has 0 amide bonds. The van der Waals surface area contributed by atoms with Crippen LogP contribution in [0.4, 0.5) is 0 Å². The van der Waals surface area contributed by atoms with Crippen molar-refractivity contribution in [1.29, 1.82) is 0 Å². The fourth-order valence-corrected chi connectivity index (χ4v) is 5.01. The Hall–Kier alpha value is -1.60. The number of ether oxygens (including phenoxy) is 3. The van der Waals surface area contributed by atoms with E-state index in [0.717, 1.165) is 63.9 Å². The molecule has 28 heavy (non-hydrogen) atoms. The summed E-state index contributed by atoms with van der Waals surface area (Å²) in [6.45, 7) is 9.54. The monoisotopic (exact) mass is 402 g/mol. The van der Waals surface area contributed by atoms with Gasteiger partial charge in [0.05, 0.1) is 20.3 Å². The predicted octanol–water partition coefficient (Wildman–Crippen LogP) is 3.59. The Morgan fingerprint density at radius 1 is 1.14 bits per heavy atom. The number of benzene rings is 1. The number of rotatable bonds is 7. The van der Waals surface area contributed by atoms with Gasteiger partial charge in [-0.3, -0.25) is 9.80 Å². The fraction of sp³-hybridized carbons (Fsp3) is 0.545.